The van der Waals surface area contributed by atoms with Crippen molar-refractivity contribution in [1.82, 2.24) is 15.1 Å². The van der Waals surface area contributed by atoms with Crippen molar-refractivity contribution in [2.75, 3.05) is 12.3 Å². The molecule has 0 radical (unpaired) electrons. The maximum atomic E-state index is 4.31. The summed E-state index contributed by atoms with van der Waals surface area (Å²) < 4.78 is 3.01. The Bertz CT molecular complexity index is 548. The van der Waals surface area contributed by atoms with Gasteiger partial charge in [-0.3, -0.25) is 4.68 Å². The first-order chi connectivity index (χ1) is 9.63. The van der Waals surface area contributed by atoms with Crippen LogP contribution in [0.3, 0.4) is 0 Å². The lowest BCUT2D eigenvalue weighted by Gasteiger charge is -2.19. The van der Waals surface area contributed by atoms with E-state index in [1.165, 1.54) is 16.2 Å². The van der Waals surface area contributed by atoms with Crippen molar-refractivity contribution < 1.29 is 0 Å². The minimum atomic E-state index is 0.284. The van der Waals surface area contributed by atoms with Gasteiger partial charge < -0.3 is 5.32 Å². The first-order valence-electron chi connectivity index (χ1n) is 6.72. The first-order valence-corrected chi connectivity index (χ1v) is 8.50. The molecule has 1 unspecified atom stereocenters. The van der Waals surface area contributed by atoms with Crippen LogP contribution in [0.25, 0.3) is 0 Å². The van der Waals surface area contributed by atoms with Gasteiger partial charge in [0.05, 0.1) is 22.4 Å². The molecule has 20 heavy (non-hydrogen) atoms. The Labute approximate surface area is 133 Å². The lowest BCUT2D eigenvalue weighted by atomic mass is 10.2. The van der Waals surface area contributed by atoms with Gasteiger partial charge >= 0.3 is 0 Å². The molecule has 0 aliphatic carbocycles. The zero-order valence-electron chi connectivity index (χ0n) is 12.1. The number of aromatic nitrogens is 2. The van der Waals surface area contributed by atoms with E-state index >= 15 is 0 Å². The number of nitrogens with zero attached hydrogens (tertiary/aromatic N) is 2. The maximum Gasteiger partial charge on any atom is 0.0700 e. The van der Waals surface area contributed by atoms with Crippen molar-refractivity contribution >= 4 is 27.7 Å². The number of hydrogen-bond acceptors (Lipinski definition) is 3. The number of rotatable bonds is 6. The third-order valence-corrected chi connectivity index (χ3v) is 5.10. The van der Waals surface area contributed by atoms with Crippen molar-refractivity contribution in [2.45, 2.75) is 24.8 Å². The fourth-order valence-corrected chi connectivity index (χ4v) is 3.90. The summed E-state index contributed by atoms with van der Waals surface area (Å²) in [6.45, 7) is 5.23. The van der Waals surface area contributed by atoms with Crippen LogP contribution in [0.2, 0.25) is 0 Å². The van der Waals surface area contributed by atoms with Crippen LogP contribution in [0, 0.1) is 6.92 Å². The molecule has 0 bridgehead atoms. The molecule has 0 amide bonds. The number of aryl methyl sites for hydroxylation is 2. The summed E-state index contributed by atoms with van der Waals surface area (Å²) in [6.07, 6.45) is 1.86. The van der Waals surface area contributed by atoms with Crippen LogP contribution < -0.4 is 5.32 Å². The molecule has 0 saturated carbocycles. The predicted octanol–water partition coefficient (Wildman–Crippen LogP) is 3.93. The molecule has 1 aromatic heterocycles. The molecular formula is C15H20BrN3S. The molecule has 1 aromatic carbocycles. The van der Waals surface area contributed by atoms with Gasteiger partial charge in [0, 0.05) is 17.7 Å². The molecule has 1 N–H and O–H groups in total. The first kappa shape index (κ1) is 15.6. The van der Waals surface area contributed by atoms with Crippen LogP contribution >= 0.6 is 27.7 Å². The predicted molar refractivity (Wildman–Crippen MR) is 89.2 cm³/mol. The summed E-state index contributed by atoms with van der Waals surface area (Å²) in [5, 5.41) is 7.86. The van der Waals surface area contributed by atoms with E-state index in [0.717, 1.165) is 16.8 Å². The van der Waals surface area contributed by atoms with Crippen LogP contribution in [0.5, 0.6) is 0 Å². The summed E-state index contributed by atoms with van der Waals surface area (Å²) in [4.78, 5) is 1.34. The fourth-order valence-electron chi connectivity index (χ4n) is 2.18. The fraction of sp³-hybridized carbons (Fsp3) is 0.400. The Morgan fingerprint density at radius 1 is 1.40 bits per heavy atom. The third-order valence-electron chi connectivity index (χ3n) is 3.22. The van der Waals surface area contributed by atoms with Gasteiger partial charge in [-0.05, 0) is 41.0 Å². The van der Waals surface area contributed by atoms with Crippen LogP contribution in [-0.4, -0.2) is 22.1 Å². The molecule has 5 heteroatoms. The Hall–Kier alpha value is -0.780. The molecule has 1 heterocycles. The lowest BCUT2D eigenvalue weighted by Crippen LogP contribution is -2.25. The number of halogens is 1. The van der Waals surface area contributed by atoms with Crippen LogP contribution in [0.15, 0.2) is 39.8 Å². The van der Waals surface area contributed by atoms with E-state index in [0.29, 0.717) is 0 Å². The van der Waals surface area contributed by atoms with Crippen LogP contribution in [0.1, 0.15) is 24.2 Å². The summed E-state index contributed by atoms with van der Waals surface area (Å²) in [7, 11) is 1.99. The van der Waals surface area contributed by atoms with E-state index in [1.54, 1.807) is 0 Å². The summed E-state index contributed by atoms with van der Waals surface area (Å²) in [5.41, 5.74) is 2.53. The lowest BCUT2D eigenvalue weighted by molar-refractivity contribution is 0.551. The molecule has 0 aliphatic rings. The van der Waals surface area contributed by atoms with Crippen molar-refractivity contribution in [1.29, 1.82) is 0 Å². The van der Waals surface area contributed by atoms with Crippen molar-refractivity contribution in [3.8, 4) is 0 Å². The van der Waals surface area contributed by atoms with Gasteiger partial charge in [-0.1, -0.05) is 25.1 Å². The quantitative estimate of drug-likeness (QED) is 0.797. The Morgan fingerprint density at radius 3 is 2.75 bits per heavy atom. The Balaban J connectivity index is 2.13. The van der Waals surface area contributed by atoms with E-state index in [2.05, 4.69) is 64.5 Å². The molecule has 2 aromatic rings. The van der Waals surface area contributed by atoms with Crippen molar-refractivity contribution in [3.05, 3.63) is 46.2 Å². The molecule has 3 nitrogen and oxygen atoms in total. The zero-order valence-corrected chi connectivity index (χ0v) is 14.5. The number of nitrogens with one attached hydrogen (secondary N) is 1. The SMILES string of the molecule is CCNC(CSc1ccccc1C)c1c(Br)cnn1C. The minimum Gasteiger partial charge on any atom is -0.308 e. The van der Waals surface area contributed by atoms with Crippen LogP contribution in [0.4, 0.5) is 0 Å². The Kier molecular flexibility index (Phi) is 5.69. The van der Waals surface area contributed by atoms with Gasteiger partial charge in [0.25, 0.3) is 0 Å². The summed E-state index contributed by atoms with van der Waals surface area (Å²) in [5.74, 6) is 0.983. The standard InChI is InChI=1S/C15H20BrN3S/c1-4-17-13(15-12(16)9-18-19(15)3)10-20-14-8-6-5-7-11(14)2/h5-9,13,17H,4,10H2,1-3H3. The number of hydrogen-bond donors (Lipinski definition) is 1. The minimum absolute atomic E-state index is 0.284. The normalized spacial score (nSPS) is 12.6. The third kappa shape index (κ3) is 3.65. The van der Waals surface area contributed by atoms with Crippen molar-refractivity contribution in [2.24, 2.45) is 7.05 Å². The monoisotopic (exact) mass is 353 g/mol. The highest BCUT2D eigenvalue weighted by molar-refractivity contribution is 9.10. The van der Waals surface area contributed by atoms with E-state index in [4.69, 9.17) is 0 Å². The van der Waals surface area contributed by atoms with Gasteiger partial charge in [0.1, 0.15) is 0 Å². The average molecular weight is 354 g/mol. The highest BCUT2D eigenvalue weighted by Gasteiger charge is 2.18. The summed E-state index contributed by atoms with van der Waals surface area (Å²) in [6, 6.07) is 8.80. The van der Waals surface area contributed by atoms with E-state index in [1.807, 2.05) is 29.7 Å². The maximum absolute atomic E-state index is 4.31. The summed E-state index contributed by atoms with van der Waals surface area (Å²) >= 11 is 5.48. The second-order valence-electron chi connectivity index (χ2n) is 4.69. The second-order valence-corrected chi connectivity index (χ2v) is 6.60. The van der Waals surface area contributed by atoms with E-state index in [9.17, 15) is 0 Å². The Morgan fingerprint density at radius 2 is 2.15 bits per heavy atom. The van der Waals surface area contributed by atoms with Gasteiger partial charge in [-0.25, -0.2) is 0 Å². The second kappa shape index (κ2) is 7.29. The molecule has 108 valence electrons. The average Bonchev–Trinajstić information content (AvgIpc) is 2.76. The molecule has 0 fully saturated rings. The molecule has 0 aliphatic heterocycles. The zero-order chi connectivity index (χ0) is 14.5. The van der Waals surface area contributed by atoms with Gasteiger partial charge in [-0.2, -0.15) is 5.10 Å². The number of thioether (sulfide) groups is 1. The molecule has 0 saturated heterocycles. The number of benzene rings is 1. The van der Waals surface area contributed by atoms with Gasteiger partial charge in [0.15, 0.2) is 0 Å². The van der Waals surface area contributed by atoms with Crippen molar-refractivity contribution in [3.63, 3.8) is 0 Å². The van der Waals surface area contributed by atoms with Gasteiger partial charge in [0.2, 0.25) is 0 Å². The molecule has 1 atom stereocenters. The van der Waals surface area contributed by atoms with E-state index in [-0.39, 0.29) is 6.04 Å². The molecule has 0 spiro atoms. The van der Waals surface area contributed by atoms with Gasteiger partial charge in [-0.15, -0.1) is 11.8 Å². The molecule has 2 rings (SSSR count). The highest BCUT2D eigenvalue weighted by Crippen LogP contribution is 2.30. The highest BCUT2D eigenvalue weighted by atomic mass is 79.9. The van der Waals surface area contributed by atoms with Crippen LogP contribution in [-0.2, 0) is 7.05 Å². The smallest absolute Gasteiger partial charge is 0.0700 e. The largest absolute Gasteiger partial charge is 0.308 e. The van der Waals surface area contributed by atoms with E-state index < -0.39 is 0 Å². The molecular weight excluding hydrogens is 334 g/mol. The topological polar surface area (TPSA) is 29.9 Å².